The molecule has 0 saturated carbocycles. The van der Waals surface area contributed by atoms with Gasteiger partial charge in [0.05, 0.1) is 6.20 Å². The number of aromatic nitrogens is 2. The number of nitrogens with one attached hydrogen (secondary N) is 1. The van der Waals surface area contributed by atoms with Crippen LogP contribution in [0.5, 0.6) is 0 Å². The molecule has 0 saturated heterocycles. The van der Waals surface area contributed by atoms with Crippen LogP contribution in [-0.2, 0) is 6.54 Å². The molecule has 1 aliphatic heterocycles. The molecule has 0 spiro atoms. The van der Waals surface area contributed by atoms with Gasteiger partial charge in [-0.1, -0.05) is 13.8 Å². The minimum absolute atomic E-state index is 0.261. The predicted molar refractivity (Wildman–Crippen MR) is 53.6 cm³/mol. The van der Waals surface area contributed by atoms with Gasteiger partial charge in [0.1, 0.15) is 5.69 Å². The molecular formula is C9H15N3O2. The van der Waals surface area contributed by atoms with E-state index in [-0.39, 0.29) is 5.69 Å². The molecule has 78 valence electrons. The van der Waals surface area contributed by atoms with E-state index in [4.69, 9.17) is 5.11 Å². The molecule has 2 rings (SSSR count). The number of carboxylic acids is 1. The number of hydrogen-bond acceptors (Lipinski definition) is 3. The standard InChI is InChI=1S/C7H9N3O2.C2H6/c11-6(12)5-4-9-7-8-2-1-3-10(5)7;1-2/h4H,1-3H2,(H,8,9)(H,11,12);1-2H3. The molecule has 2 N–H and O–H groups in total. The van der Waals surface area contributed by atoms with E-state index in [2.05, 4.69) is 10.3 Å². The second kappa shape index (κ2) is 4.64. The lowest BCUT2D eigenvalue weighted by Crippen LogP contribution is -2.20. The van der Waals surface area contributed by atoms with Crippen molar-refractivity contribution >= 4 is 11.9 Å². The summed E-state index contributed by atoms with van der Waals surface area (Å²) in [4.78, 5) is 14.6. The lowest BCUT2D eigenvalue weighted by atomic mass is 10.3. The zero-order valence-electron chi connectivity index (χ0n) is 8.45. The molecule has 0 amide bonds. The Morgan fingerprint density at radius 1 is 1.64 bits per heavy atom. The van der Waals surface area contributed by atoms with Crippen LogP contribution in [0, 0.1) is 0 Å². The number of hydrogen-bond donors (Lipinski definition) is 2. The zero-order valence-corrected chi connectivity index (χ0v) is 8.45. The van der Waals surface area contributed by atoms with Gasteiger partial charge in [-0.2, -0.15) is 0 Å². The fourth-order valence-electron chi connectivity index (χ4n) is 1.35. The quantitative estimate of drug-likeness (QED) is 0.714. The lowest BCUT2D eigenvalue weighted by Gasteiger charge is -2.16. The molecule has 0 atom stereocenters. The molecule has 2 heterocycles. The summed E-state index contributed by atoms with van der Waals surface area (Å²) >= 11 is 0. The highest BCUT2D eigenvalue weighted by atomic mass is 16.4. The van der Waals surface area contributed by atoms with E-state index in [9.17, 15) is 4.79 Å². The van der Waals surface area contributed by atoms with E-state index in [1.807, 2.05) is 13.8 Å². The molecule has 14 heavy (non-hydrogen) atoms. The molecule has 5 heteroatoms. The van der Waals surface area contributed by atoms with Crippen molar-refractivity contribution in [2.24, 2.45) is 0 Å². The topological polar surface area (TPSA) is 67.1 Å². The Bertz CT molecular complexity index is 320. The first-order valence-corrected chi connectivity index (χ1v) is 4.82. The minimum Gasteiger partial charge on any atom is -0.477 e. The van der Waals surface area contributed by atoms with Crippen LogP contribution in [0.15, 0.2) is 6.20 Å². The molecule has 0 aliphatic carbocycles. The van der Waals surface area contributed by atoms with Crippen molar-refractivity contribution in [1.29, 1.82) is 0 Å². The van der Waals surface area contributed by atoms with Crippen LogP contribution in [0.2, 0.25) is 0 Å². The monoisotopic (exact) mass is 197 g/mol. The van der Waals surface area contributed by atoms with Gasteiger partial charge < -0.3 is 15.0 Å². The van der Waals surface area contributed by atoms with E-state index in [0.717, 1.165) is 19.5 Å². The summed E-state index contributed by atoms with van der Waals surface area (Å²) < 4.78 is 1.69. The highest BCUT2D eigenvalue weighted by Crippen LogP contribution is 2.15. The van der Waals surface area contributed by atoms with Crippen LogP contribution < -0.4 is 5.32 Å². The molecule has 0 bridgehead atoms. The first kappa shape index (κ1) is 10.6. The van der Waals surface area contributed by atoms with Crippen molar-refractivity contribution in [3.8, 4) is 0 Å². The normalized spacial score (nSPS) is 13.3. The number of imidazole rings is 1. The number of nitrogens with zero attached hydrogens (tertiary/aromatic N) is 2. The SMILES string of the molecule is CC.O=C(O)c1cnc2n1CCCN2. The summed E-state index contributed by atoms with van der Waals surface area (Å²) in [6.45, 7) is 5.61. The summed E-state index contributed by atoms with van der Waals surface area (Å²) in [5, 5.41) is 11.8. The third kappa shape index (κ3) is 1.86. The second-order valence-corrected chi connectivity index (χ2v) is 2.70. The van der Waals surface area contributed by atoms with Gasteiger partial charge in [-0.25, -0.2) is 9.78 Å². The summed E-state index contributed by atoms with van der Waals surface area (Å²) in [5.41, 5.74) is 0.261. The van der Waals surface area contributed by atoms with E-state index in [1.165, 1.54) is 6.20 Å². The van der Waals surface area contributed by atoms with E-state index in [1.54, 1.807) is 4.57 Å². The maximum Gasteiger partial charge on any atom is 0.354 e. The first-order valence-electron chi connectivity index (χ1n) is 4.82. The van der Waals surface area contributed by atoms with Gasteiger partial charge in [0.15, 0.2) is 0 Å². The van der Waals surface area contributed by atoms with Crippen LogP contribution in [-0.4, -0.2) is 27.2 Å². The van der Waals surface area contributed by atoms with Crippen molar-refractivity contribution in [3.05, 3.63) is 11.9 Å². The van der Waals surface area contributed by atoms with Crippen molar-refractivity contribution in [2.75, 3.05) is 11.9 Å². The Kier molecular flexibility index (Phi) is 3.50. The number of anilines is 1. The number of carboxylic acid groups (broad SMARTS) is 1. The fourth-order valence-corrected chi connectivity index (χ4v) is 1.35. The predicted octanol–water partition coefficient (Wildman–Crippen LogP) is 1.42. The summed E-state index contributed by atoms with van der Waals surface area (Å²) in [5.74, 6) is -0.254. The zero-order chi connectivity index (χ0) is 10.6. The number of aromatic carboxylic acids is 1. The highest BCUT2D eigenvalue weighted by Gasteiger charge is 2.17. The molecule has 1 aromatic rings. The molecule has 0 radical (unpaired) electrons. The highest BCUT2D eigenvalue weighted by molar-refractivity contribution is 5.86. The number of carbonyl (C=O) groups is 1. The van der Waals surface area contributed by atoms with Gasteiger partial charge in [-0.3, -0.25) is 0 Å². The van der Waals surface area contributed by atoms with Gasteiger partial charge in [-0.05, 0) is 6.42 Å². The Labute approximate surface area is 82.8 Å². The van der Waals surface area contributed by atoms with Crippen LogP contribution in [0.3, 0.4) is 0 Å². The largest absolute Gasteiger partial charge is 0.477 e. The van der Waals surface area contributed by atoms with Gasteiger partial charge in [-0.15, -0.1) is 0 Å². The smallest absolute Gasteiger partial charge is 0.354 e. The molecule has 0 aromatic carbocycles. The maximum atomic E-state index is 10.6. The molecule has 0 unspecified atom stereocenters. The summed E-state index contributed by atoms with van der Waals surface area (Å²) in [6.07, 6.45) is 2.33. The third-order valence-electron chi connectivity index (χ3n) is 1.92. The van der Waals surface area contributed by atoms with Gasteiger partial charge in [0, 0.05) is 13.1 Å². The molecular weight excluding hydrogens is 182 g/mol. The van der Waals surface area contributed by atoms with E-state index in [0.29, 0.717) is 5.95 Å². The number of fused-ring (bicyclic) bond motifs is 1. The number of rotatable bonds is 1. The Balaban J connectivity index is 0.000000461. The van der Waals surface area contributed by atoms with Crippen LogP contribution in [0.4, 0.5) is 5.95 Å². The average molecular weight is 197 g/mol. The first-order chi connectivity index (χ1) is 6.79. The summed E-state index contributed by atoms with van der Waals surface area (Å²) in [6, 6.07) is 0. The van der Waals surface area contributed by atoms with Crippen molar-refractivity contribution in [2.45, 2.75) is 26.8 Å². The lowest BCUT2D eigenvalue weighted by molar-refractivity contribution is 0.0685. The van der Waals surface area contributed by atoms with Crippen molar-refractivity contribution in [1.82, 2.24) is 9.55 Å². The van der Waals surface area contributed by atoms with E-state index >= 15 is 0 Å². The van der Waals surface area contributed by atoms with Crippen molar-refractivity contribution < 1.29 is 9.90 Å². The maximum absolute atomic E-state index is 10.6. The van der Waals surface area contributed by atoms with Gasteiger partial charge in [0.25, 0.3) is 0 Å². The van der Waals surface area contributed by atoms with Crippen LogP contribution in [0.25, 0.3) is 0 Å². The minimum atomic E-state index is -0.919. The summed E-state index contributed by atoms with van der Waals surface area (Å²) in [7, 11) is 0. The second-order valence-electron chi connectivity index (χ2n) is 2.70. The Hall–Kier alpha value is -1.52. The molecule has 0 fully saturated rings. The third-order valence-corrected chi connectivity index (χ3v) is 1.92. The Morgan fingerprint density at radius 3 is 3.00 bits per heavy atom. The van der Waals surface area contributed by atoms with E-state index < -0.39 is 5.97 Å². The van der Waals surface area contributed by atoms with Crippen LogP contribution in [0.1, 0.15) is 30.8 Å². The molecule has 1 aliphatic rings. The van der Waals surface area contributed by atoms with Gasteiger partial charge >= 0.3 is 5.97 Å². The van der Waals surface area contributed by atoms with Gasteiger partial charge in [0.2, 0.25) is 5.95 Å². The fraction of sp³-hybridized carbons (Fsp3) is 0.556. The molecule has 1 aromatic heterocycles. The average Bonchev–Trinajstić information content (AvgIpc) is 2.64. The van der Waals surface area contributed by atoms with Crippen molar-refractivity contribution in [3.63, 3.8) is 0 Å². The Morgan fingerprint density at radius 2 is 2.36 bits per heavy atom. The van der Waals surface area contributed by atoms with Crippen LogP contribution >= 0.6 is 0 Å². The molecule has 5 nitrogen and oxygen atoms in total.